The van der Waals surface area contributed by atoms with Crippen molar-refractivity contribution in [1.82, 2.24) is 10.2 Å². The van der Waals surface area contributed by atoms with Crippen molar-refractivity contribution in [2.24, 2.45) is 5.92 Å². The zero-order valence-electron chi connectivity index (χ0n) is 19.2. The molecule has 0 fully saturated rings. The monoisotopic (exact) mass is 462 g/mol. The van der Waals surface area contributed by atoms with Gasteiger partial charge in [0.05, 0.1) is 6.42 Å². The van der Waals surface area contributed by atoms with Gasteiger partial charge in [-0.15, -0.1) is 0 Å². The van der Waals surface area contributed by atoms with Gasteiger partial charge in [-0.25, -0.2) is 0 Å². The van der Waals surface area contributed by atoms with Crippen LogP contribution in [0.3, 0.4) is 0 Å². The maximum atomic E-state index is 13.6. The highest BCUT2D eigenvalue weighted by Gasteiger charge is 2.30. The highest BCUT2D eigenvalue weighted by molar-refractivity contribution is 6.31. The van der Waals surface area contributed by atoms with Gasteiger partial charge in [0, 0.05) is 24.5 Å². The standard InChI is InChI=1S/C28H31ClN2O2/c1-21(2)19-30-28(33)26(17-22-11-5-3-6-12-22)31(20-23-13-7-4-8-14-23)27(32)18-24-15-9-10-16-25(24)29/h3-16,21,26H,17-20H2,1-2H3,(H,30,33)/t26-/m0/s1. The first kappa shape index (κ1) is 24.5. The van der Waals surface area contributed by atoms with Gasteiger partial charge in [-0.05, 0) is 28.7 Å². The van der Waals surface area contributed by atoms with E-state index in [0.29, 0.717) is 30.5 Å². The molecule has 0 radical (unpaired) electrons. The largest absolute Gasteiger partial charge is 0.354 e. The SMILES string of the molecule is CC(C)CNC(=O)[C@H](Cc1ccccc1)N(Cc1ccccc1)C(=O)Cc1ccccc1Cl. The van der Waals surface area contributed by atoms with Gasteiger partial charge in [-0.2, -0.15) is 0 Å². The number of rotatable bonds is 10. The van der Waals surface area contributed by atoms with Gasteiger partial charge in [0.2, 0.25) is 11.8 Å². The predicted molar refractivity (Wildman–Crippen MR) is 134 cm³/mol. The topological polar surface area (TPSA) is 49.4 Å². The molecule has 0 aliphatic carbocycles. The molecule has 1 atom stereocenters. The number of nitrogens with one attached hydrogen (secondary N) is 1. The summed E-state index contributed by atoms with van der Waals surface area (Å²) in [5, 5.41) is 3.59. The third-order valence-electron chi connectivity index (χ3n) is 5.45. The van der Waals surface area contributed by atoms with Crippen molar-refractivity contribution >= 4 is 23.4 Å². The summed E-state index contributed by atoms with van der Waals surface area (Å²) >= 11 is 6.34. The smallest absolute Gasteiger partial charge is 0.243 e. The number of carbonyl (C=O) groups excluding carboxylic acids is 2. The van der Waals surface area contributed by atoms with Gasteiger partial charge in [-0.3, -0.25) is 9.59 Å². The summed E-state index contributed by atoms with van der Waals surface area (Å²) in [6.07, 6.45) is 0.571. The number of carbonyl (C=O) groups is 2. The molecule has 4 nitrogen and oxygen atoms in total. The zero-order valence-corrected chi connectivity index (χ0v) is 20.0. The second kappa shape index (κ2) is 12.2. The Morgan fingerprint density at radius 2 is 1.42 bits per heavy atom. The van der Waals surface area contributed by atoms with Gasteiger partial charge in [0.25, 0.3) is 0 Å². The molecule has 1 N–H and O–H groups in total. The maximum Gasteiger partial charge on any atom is 0.243 e. The summed E-state index contributed by atoms with van der Waals surface area (Å²) in [4.78, 5) is 28.7. The summed E-state index contributed by atoms with van der Waals surface area (Å²) < 4.78 is 0. The van der Waals surface area contributed by atoms with Crippen LogP contribution in [0.5, 0.6) is 0 Å². The molecular weight excluding hydrogens is 432 g/mol. The second-order valence-electron chi connectivity index (χ2n) is 8.62. The van der Waals surface area contributed by atoms with Crippen LogP contribution in [0.15, 0.2) is 84.9 Å². The average Bonchev–Trinajstić information content (AvgIpc) is 2.82. The molecule has 0 aliphatic heterocycles. The molecule has 3 aromatic carbocycles. The molecule has 172 valence electrons. The van der Waals surface area contributed by atoms with E-state index in [2.05, 4.69) is 19.2 Å². The van der Waals surface area contributed by atoms with Crippen LogP contribution >= 0.6 is 11.6 Å². The van der Waals surface area contributed by atoms with E-state index in [1.54, 1.807) is 11.0 Å². The minimum atomic E-state index is -0.638. The Hall–Kier alpha value is -3.11. The Morgan fingerprint density at radius 3 is 2.03 bits per heavy atom. The minimum Gasteiger partial charge on any atom is -0.354 e. The molecule has 0 unspecified atom stereocenters. The van der Waals surface area contributed by atoms with Crippen LogP contribution in [0.25, 0.3) is 0 Å². The first-order chi connectivity index (χ1) is 15.9. The van der Waals surface area contributed by atoms with Crippen molar-refractivity contribution in [2.75, 3.05) is 6.54 Å². The number of hydrogen-bond acceptors (Lipinski definition) is 2. The van der Waals surface area contributed by atoms with Crippen LogP contribution in [-0.2, 0) is 29.0 Å². The first-order valence-electron chi connectivity index (χ1n) is 11.3. The molecule has 2 amide bonds. The Morgan fingerprint density at radius 1 is 0.848 bits per heavy atom. The van der Waals surface area contributed by atoms with Crippen LogP contribution in [0.1, 0.15) is 30.5 Å². The van der Waals surface area contributed by atoms with Crippen molar-refractivity contribution in [3.8, 4) is 0 Å². The van der Waals surface area contributed by atoms with Crippen molar-refractivity contribution in [2.45, 2.75) is 39.3 Å². The summed E-state index contributed by atoms with van der Waals surface area (Å²) in [6, 6.07) is 26.3. The highest BCUT2D eigenvalue weighted by atomic mass is 35.5. The summed E-state index contributed by atoms with van der Waals surface area (Å²) in [5.74, 6) is 0.0382. The Kier molecular flexibility index (Phi) is 9.08. The Bertz CT molecular complexity index is 1040. The quantitative estimate of drug-likeness (QED) is 0.444. The molecule has 0 saturated carbocycles. The first-order valence-corrected chi connectivity index (χ1v) is 11.7. The molecule has 3 aromatic rings. The zero-order chi connectivity index (χ0) is 23.6. The maximum absolute atomic E-state index is 13.6. The lowest BCUT2D eigenvalue weighted by molar-refractivity contribution is -0.140. The molecule has 0 saturated heterocycles. The molecule has 0 bridgehead atoms. The van der Waals surface area contributed by atoms with E-state index in [1.165, 1.54) is 0 Å². The van der Waals surface area contributed by atoms with E-state index >= 15 is 0 Å². The third-order valence-corrected chi connectivity index (χ3v) is 5.82. The Labute approximate surface area is 201 Å². The van der Waals surface area contributed by atoms with Crippen LogP contribution in [0.2, 0.25) is 5.02 Å². The minimum absolute atomic E-state index is 0.132. The molecule has 0 spiro atoms. The normalized spacial score (nSPS) is 11.8. The number of halogens is 1. The summed E-state index contributed by atoms with van der Waals surface area (Å²) in [5.41, 5.74) is 2.73. The van der Waals surface area contributed by atoms with Gasteiger partial charge >= 0.3 is 0 Å². The molecule has 33 heavy (non-hydrogen) atoms. The van der Waals surface area contributed by atoms with Crippen LogP contribution in [0, 0.1) is 5.92 Å². The molecule has 3 rings (SSSR count). The Balaban J connectivity index is 1.94. The highest BCUT2D eigenvalue weighted by Crippen LogP contribution is 2.20. The number of nitrogens with zero attached hydrogens (tertiary/aromatic N) is 1. The fourth-order valence-corrected chi connectivity index (χ4v) is 3.87. The van der Waals surface area contributed by atoms with E-state index < -0.39 is 6.04 Å². The van der Waals surface area contributed by atoms with Gasteiger partial charge in [0.15, 0.2) is 0 Å². The fraction of sp³-hybridized carbons (Fsp3) is 0.286. The molecule has 5 heteroatoms. The second-order valence-corrected chi connectivity index (χ2v) is 9.03. The van der Waals surface area contributed by atoms with Crippen LogP contribution in [0.4, 0.5) is 0 Å². The number of amides is 2. The summed E-state index contributed by atoms with van der Waals surface area (Å²) in [7, 11) is 0. The van der Waals surface area contributed by atoms with Crippen molar-refractivity contribution in [3.05, 3.63) is 107 Å². The van der Waals surface area contributed by atoms with Crippen LogP contribution < -0.4 is 5.32 Å². The van der Waals surface area contributed by atoms with Crippen molar-refractivity contribution in [1.29, 1.82) is 0 Å². The molecule has 0 heterocycles. The summed E-state index contributed by atoms with van der Waals surface area (Å²) in [6.45, 7) is 5.01. The predicted octanol–water partition coefficient (Wildman–Crippen LogP) is 5.29. The van der Waals surface area contributed by atoms with Gasteiger partial charge in [0.1, 0.15) is 6.04 Å². The third kappa shape index (κ3) is 7.47. The van der Waals surface area contributed by atoms with E-state index in [-0.39, 0.29) is 18.2 Å². The van der Waals surface area contributed by atoms with E-state index in [4.69, 9.17) is 11.6 Å². The average molecular weight is 463 g/mol. The van der Waals surface area contributed by atoms with Crippen LogP contribution in [-0.4, -0.2) is 29.3 Å². The van der Waals surface area contributed by atoms with Gasteiger partial charge < -0.3 is 10.2 Å². The van der Waals surface area contributed by atoms with E-state index in [9.17, 15) is 9.59 Å². The fourth-order valence-electron chi connectivity index (χ4n) is 3.66. The molecule has 0 aliphatic rings. The number of hydrogen-bond donors (Lipinski definition) is 1. The van der Waals surface area contributed by atoms with Crippen molar-refractivity contribution < 1.29 is 9.59 Å². The van der Waals surface area contributed by atoms with E-state index in [1.807, 2.05) is 78.9 Å². The number of benzene rings is 3. The van der Waals surface area contributed by atoms with Crippen molar-refractivity contribution in [3.63, 3.8) is 0 Å². The lowest BCUT2D eigenvalue weighted by Crippen LogP contribution is -2.51. The van der Waals surface area contributed by atoms with E-state index in [0.717, 1.165) is 16.7 Å². The lowest BCUT2D eigenvalue weighted by Gasteiger charge is -2.32. The van der Waals surface area contributed by atoms with Gasteiger partial charge in [-0.1, -0.05) is 104 Å². The molecule has 0 aromatic heterocycles. The molecular formula is C28H31ClN2O2. The lowest BCUT2D eigenvalue weighted by atomic mass is 10.0.